The number of carbonyl (C=O) groups excluding carboxylic acids is 2. The zero-order chi connectivity index (χ0) is 26.2. The first-order valence-corrected chi connectivity index (χ1v) is 15.6. The molecule has 5 heteroatoms. The maximum atomic E-state index is 13.5. The van der Waals surface area contributed by atoms with Crippen LogP contribution < -0.4 is 0 Å². The van der Waals surface area contributed by atoms with Gasteiger partial charge in [0.25, 0.3) is 0 Å². The molecule has 0 aromatic rings. The number of nitrogens with zero attached hydrogens (tertiary/aromatic N) is 1. The van der Waals surface area contributed by atoms with Crippen molar-refractivity contribution in [2.75, 3.05) is 6.54 Å². The fourth-order valence-corrected chi connectivity index (χ4v) is 12.8. The lowest BCUT2D eigenvalue weighted by Gasteiger charge is -2.67. The second kappa shape index (κ2) is 7.55. The summed E-state index contributed by atoms with van der Waals surface area (Å²) in [6, 6.07) is 0.691. The van der Waals surface area contributed by atoms with Gasteiger partial charge in [0.15, 0.2) is 0 Å². The zero-order valence-corrected chi connectivity index (χ0v) is 24.1. The Morgan fingerprint density at radius 3 is 2.59 bits per heavy atom. The van der Waals surface area contributed by atoms with Crippen LogP contribution in [0.15, 0.2) is 0 Å². The molecule has 3 saturated carbocycles. The highest BCUT2D eigenvalue weighted by atomic mass is 16.6. The monoisotopic (exact) mass is 511 g/mol. The average Bonchev–Trinajstić information content (AvgIpc) is 3.35. The molecule has 4 aliphatic heterocycles. The van der Waals surface area contributed by atoms with Crippen LogP contribution in [0.4, 0.5) is 0 Å². The van der Waals surface area contributed by atoms with E-state index in [-0.39, 0.29) is 24.0 Å². The minimum atomic E-state index is -0.734. The summed E-state index contributed by atoms with van der Waals surface area (Å²) < 4.78 is 12.0. The first kappa shape index (κ1) is 24.9. The highest BCUT2D eigenvalue weighted by Gasteiger charge is 2.80. The van der Waals surface area contributed by atoms with Crippen LogP contribution in [-0.4, -0.2) is 46.7 Å². The third-order valence-electron chi connectivity index (χ3n) is 14.3. The molecular weight excluding hydrogens is 462 g/mol. The molecule has 1 unspecified atom stereocenters. The van der Waals surface area contributed by atoms with Crippen molar-refractivity contribution in [3.05, 3.63) is 0 Å². The Morgan fingerprint density at radius 1 is 1.08 bits per heavy atom. The summed E-state index contributed by atoms with van der Waals surface area (Å²) >= 11 is 0. The largest absolute Gasteiger partial charge is 0.461 e. The lowest BCUT2D eigenvalue weighted by molar-refractivity contribution is -0.187. The van der Waals surface area contributed by atoms with Gasteiger partial charge in [-0.15, -0.1) is 0 Å². The first-order valence-electron chi connectivity index (χ1n) is 15.6. The molecule has 3 aliphatic carbocycles. The molecule has 4 heterocycles. The summed E-state index contributed by atoms with van der Waals surface area (Å²) in [6.07, 6.45) is 13.1. The summed E-state index contributed by atoms with van der Waals surface area (Å²) in [5.74, 6) is 2.78. The van der Waals surface area contributed by atoms with E-state index in [2.05, 4.69) is 39.5 Å². The molecule has 0 aromatic heterocycles. The Bertz CT molecular complexity index is 1030. The van der Waals surface area contributed by atoms with E-state index in [0.717, 1.165) is 37.0 Å². The molecule has 0 N–H and O–H groups in total. The van der Waals surface area contributed by atoms with Crippen molar-refractivity contribution in [3.8, 4) is 0 Å². The van der Waals surface area contributed by atoms with E-state index in [9.17, 15) is 9.59 Å². The van der Waals surface area contributed by atoms with Gasteiger partial charge in [0, 0.05) is 31.0 Å². The van der Waals surface area contributed by atoms with Gasteiger partial charge in [-0.2, -0.15) is 0 Å². The van der Waals surface area contributed by atoms with Gasteiger partial charge in [0.2, 0.25) is 0 Å². The molecule has 206 valence electrons. The Balaban J connectivity index is 1.31. The van der Waals surface area contributed by atoms with E-state index < -0.39 is 11.0 Å². The molecule has 0 amide bonds. The predicted molar refractivity (Wildman–Crippen MR) is 142 cm³/mol. The Hall–Kier alpha value is -1.10. The fraction of sp³-hybridized carbons (Fsp3) is 0.938. The number of hydrogen-bond donors (Lipinski definition) is 0. The van der Waals surface area contributed by atoms with Gasteiger partial charge >= 0.3 is 11.9 Å². The van der Waals surface area contributed by atoms with Crippen LogP contribution in [0, 0.1) is 45.8 Å². The minimum absolute atomic E-state index is 0.104. The van der Waals surface area contributed by atoms with Crippen LogP contribution in [-0.2, 0) is 19.1 Å². The number of rotatable bonds is 5. The number of esters is 2. The Labute approximate surface area is 223 Å². The smallest absolute Gasteiger partial charge is 0.316 e. The zero-order valence-electron chi connectivity index (χ0n) is 24.1. The number of carbonyl (C=O) groups is 2. The minimum Gasteiger partial charge on any atom is -0.461 e. The number of ether oxygens (including phenoxy) is 2. The van der Waals surface area contributed by atoms with E-state index in [1.807, 2.05) is 0 Å². The van der Waals surface area contributed by atoms with Crippen molar-refractivity contribution >= 4 is 11.9 Å². The van der Waals surface area contributed by atoms with E-state index in [0.29, 0.717) is 28.3 Å². The summed E-state index contributed by atoms with van der Waals surface area (Å²) in [4.78, 5) is 28.6. The second-order valence-electron chi connectivity index (χ2n) is 15.5. The molecule has 7 aliphatic rings. The molecule has 7 bridgehead atoms. The maximum absolute atomic E-state index is 13.5. The molecule has 7 rings (SSSR count). The van der Waals surface area contributed by atoms with Crippen LogP contribution in [0.5, 0.6) is 0 Å². The number of hydrogen-bond acceptors (Lipinski definition) is 5. The molecule has 0 radical (unpaired) electrons. The summed E-state index contributed by atoms with van der Waals surface area (Å²) in [5.41, 5.74) is -0.0154. The molecule has 37 heavy (non-hydrogen) atoms. The normalized spacial score (nSPS) is 56.9. The lowest BCUT2D eigenvalue weighted by atomic mass is 9.41. The van der Waals surface area contributed by atoms with Gasteiger partial charge in [0.1, 0.15) is 17.1 Å². The first-order chi connectivity index (χ1) is 17.4. The van der Waals surface area contributed by atoms with Gasteiger partial charge in [-0.05, 0) is 113 Å². The summed E-state index contributed by atoms with van der Waals surface area (Å²) in [6.45, 7) is 14.7. The molecule has 7 fully saturated rings. The fourth-order valence-electron chi connectivity index (χ4n) is 12.8. The van der Waals surface area contributed by atoms with Crippen LogP contribution in [0.2, 0.25) is 0 Å². The van der Waals surface area contributed by atoms with E-state index in [4.69, 9.17) is 9.47 Å². The third kappa shape index (κ3) is 2.72. The van der Waals surface area contributed by atoms with Gasteiger partial charge < -0.3 is 9.47 Å². The summed E-state index contributed by atoms with van der Waals surface area (Å²) in [5, 5.41) is 0. The van der Waals surface area contributed by atoms with Crippen LogP contribution in [0.3, 0.4) is 0 Å². The molecule has 4 saturated heterocycles. The second-order valence-corrected chi connectivity index (χ2v) is 15.5. The van der Waals surface area contributed by atoms with Gasteiger partial charge in [0.05, 0.1) is 0 Å². The highest BCUT2D eigenvalue weighted by Crippen LogP contribution is 2.79. The third-order valence-corrected chi connectivity index (χ3v) is 14.3. The van der Waals surface area contributed by atoms with Crippen molar-refractivity contribution in [1.29, 1.82) is 0 Å². The predicted octanol–water partition coefficient (Wildman–Crippen LogP) is 6.14. The van der Waals surface area contributed by atoms with E-state index in [1.165, 1.54) is 64.8 Å². The quantitative estimate of drug-likeness (QED) is 0.415. The van der Waals surface area contributed by atoms with Crippen LogP contribution >= 0.6 is 0 Å². The molecule has 1 spiro atoms. The molecule has 12 atom stereocenters. The topological polar surface area (TPSA) is 55.8 Å². The molecular formula is C32H49NO4. The Morgan fingerprint density at radius 2 is 1.86 bits per heavy atom. The van der Waals surface area contributed by atoms with Gasteiger partial charge in [-0.25, -0.2) is 0 Å². The van der Waals surface area contributed by atoms with E-state index in [1.54, 1.807) is 0 Å². The van der Waals surface area contributed by atoms with Gasteiger partial charge in [-0.1, -0.05) is 27.2 Å². The van der Waals surface area contributed by atoms with Crippen molar-refractivity contribution in [2.24, 2.45) is 45.8 Å². The highest BCUT2D eigenvalue weighted by molar-refractivity contribution is 5.82. The van der Waals surface area contributed by atoms with Crippen molar-refractivity contribution in [1.82, 2.24) is 4.90 Å². The van der Waals surface area contributed by atoms with E-state index >= 15 is 0 Å². The average molecular weight is 512 g/mol. The molecule has 0 aromatic carbocycles. The van der Waals surface area contributed by atoms with Crippen molar-refractivity contribution in [2.45, 2.75) is 135 Å². The van der Waals surface area contributed by atoms with Crippen molar-refractivity contribution < 1.29 is 19.1 Å². The standard InChI is InChI=1S/C32H49NO4/c1-19(2)22-10-14-28(4)21-9-16-31-13-7-8-24(31)32(28,26(22)33(31)18-21)17-11-23-29(5)15-12-25(36-20(3)34)30(23,6)27(35)37-29/h19,21-26H,7-18H2,1-6H3/t21-,22-,23-,24-,25+,26+,28+,29-,30-,31-,32+/m1/s1. The summed E-state index contributed by atoms with van der Waals surface area (Å²) in [7, 11) is 0. The van der Waals surface area contributed by atoms with Gasteiger partial charge in [-0.3, -0.25) is 14.5 Å². The van der Waals surface area contributed by atoms with Crippen molar-refractivity contribution in [3.63, 3.8) is 0 Å². The molecule has 5 nitrogen and oxygen atoms in total. The van der Waals surface area contributed by atoms with Crippen LogP contribution in [0.1, 0.15) is 112 Å². The maximum Gasteiger partial charge on any atom is 0.316 e. The lowest BCUT2D eigenvalue weighted by Crippen LogP contribution is -2.68. The number of piperidine rings is 2. The van der Waals surface area contributed by atoms with Crippen LogP contribution in [0.25, 0.3) is 0 Å². The SMILES string of the molecule is CC(=O)O[C@H]1CC[C@@]2(C)OC(=O)[C@]1(C)[C@@H]2CC[C@]12[C@@H]3[C@@H](C(C)C)CC[C@@]1(C)[C@@H]1CC[C@@]4(CCC[C@H]42)N3C1. The number of fused-ring (bicyclic) bond motifs is 4. The Kier molecular flexibility index (Phi) is 5.08.